The highest BCUT2D eigenvalue weighted by molar-refractivity contribution is 14.1. The first-order valence-electron chi connectivity index (χ1n) is 3.53. The van der Waals surface area contributed by atoms with Gasteiger partial charge >= 0.3 is 5.82 Å². The van der Waals surface area contributed by atoms with Gasteiger partial charge in [0.05, 0.1) is 3.57 Å². The van der Waals surface area contributed by atoms with Crippen molar-refractivity contribution in [1.29, 1.82) is 0 Å². The normalized spacial score (nSPS) is 10.6. The first-order chi connectivity index (χ1) is 6.43. The van der Waals surface area contributed by atoms with Gasteiger partial charge in [-0.05, 0) is 38.6 Å². The summed E-state index contributed by atoms with van der Waals surface area (Å²) in [5.74, 6) is -0.766. The molecule has 0 saturated heterocycles. The summed E-state index contributed by atoms with van der Waals surface area (Å²) < 4.78 is 25.2. The van der Waals surface area contributed by atoms with Crippen LogP contribution in [0.25, 0.3) is 0 Å². The zero-order valence-corrected chi connectivity index (χ0v) is 9.16. The maximum atomic E-state index is 12.4. The average molecular weight is 314 g/mol. The van der Waals surface area contributed by atoms with E-state index >= 15 is 0 Å². The van der Waals surface area contributed by atoms with Gasteiger partial charge in [-0.3, -0.25) is 0 Å². The summed E-state index contributed by atoms with van der Waals surface area (Å²) in [6, 6.07) is 1.09. The standard InChI is InChI=1S/C7H5F2IN2O2/c1-3-5(10)2-4(6(8)9)7(11-3)12(13)14/h2,6H,1H3. The molecule has 0 bridgehead atoms. The molecule has 0 aliphatic carbocycles. The van der Waals surface area contributed by atoms with Crippen molar-refractivity contribution >= 4 is 28.4 Å². The fourth-order valence-electron chi connectivity index (χ4n) is 0.889. The van der Waals surface area contributed by atoms with E-state index in [9.17, 15) is 18.9 Å². The van der Waals surface area contributed by atoms with Crippen molar-refractivity contribution in [2.45, 2.75) is 13.3 Å². The molecule has 7 heteroatoms. The van der Waals surface area contributed by atoms with Crippen LogP contribution < -0.4 is 0 Å². The first-order valence-corrected chi connectivity index (χ1v) is 4.61. The molecule has 0 N–H and O–H groups in total. The van der Waals surface area contributed by atoms with E-state index in [1.165, 1.54) is 6.92 Å². The molecule has 0 aliphatic rings. The molecule has 1 aromatic heterocycles. The highest BCUT2D eigenvalue weighted by atomic mass is 127. The van der Waals surface area contributed by atoms with Gasteiger partial charge in [-0.15, -0.1) is 0 Å². The minimum absolute atomic E-state index is 0.377. The number of nitrogens with zero attached hydrogens (tertiary/aromatic N) is 2. The van der Waals surface area contributed by atoms with Crippen molar-refractivity contribution in [2.24, 2.45) is 0 Å². The van der Waals surface area contributed by atoms with Crippen LogP contribution in [0.4, 0.5) is 14.6 Å². The van der Waals surface area contributed by atoms with Gasteiger partial charge in [-0.1, -0.05) is 0 Å². The van der Waals surface area contributed by atoms with E-state index in [0.29, 0.717) is 9.26 Å². The fourth-order valence-corrected chi connectivity index (χ4v) is 1.35. The van der Waals surface area contributed by atoms with E-state index < -0.39 is 22.7 Å². The number of nitro groups is 1. The van der Waals surface area contributed by atoms with E-state index in [1.807, 2.05) is 0 Å². The Labute approximate surface area is 91.6 Å². The summed E-state index contributed by atoms with van der Waals surface area (Å²) in [7, 11) is 0. The molecule has 1 rings (SSSR count). The Morgan fingerprint density at radius 3 is 2.64 bits per heavy atom. The van der Waals surface area contributed by atoms with Crippen LogP contribution in [0.1, 0.15) is 17.7 Å². The number of halogens is 3. The second kappa shape index (κ2) is 4.11. The monoisotopic (exact) mass is 314 g/mol. The van der Waals surface area contributed by atoms with Gasteiger partial charge in [0.15, 0.2) is 5.69 Å². The molecule has 0 unspecified atom stereocenters. The SMILES string of the molecule is Cc1nc([N+](=O)[O-])c(C(F)F)cc1I. The Morgan fingerprint density at radius 1 is 1.64 bits per heavy atom. The summed E-state index contributed by atoms with van der Waals surface area (Å²) in [5.41, 5.74) is -0.258. The average Bonchev–Trinajstić information content (AvgIpc) is 2.08. The molecule has 1 heterocycles. The Kier molecular flexibility index (Phi) is 3.29. The van der Waals surface area contributed by atoms with Crippen LogP contribution in [0.2, 0.25) is 0 Å². The number of pyridine rings is 1. The maximum absolute atomic E-state index is 12.4. The lowest BCUT2D eigenvalue weighted by molar-refractivity contribution is -0.391. The van der Waals surface area contributed by atoms with Crippen LogP contribution in [0.15, 0.2) is 6.07 Å². The van der Waals surface area contributed by atoms with Crippen LogP contribution in [0, 0.1) is 20.6 Å². The van der Waals surface area contributed by atoms with Gasteiger partial charge in [-0.2, -0.15) is 0 Å². The molecule has 0 saturated carbocycles. The van der Waals surface area contributed by atoms with Gasteiger partial charge < -0.3 is 10.1 Å². The van der Waals surface area contributed by atoms with E-state index in [2.05, 4.69) is 4.98 Å². The molecule has 1 aromatic rings. The van der Waals surface area contributed by atoms with Gasteiger partial charge in [0.1, 0.15) is 5.56 Å². The van der Waals surface area contributed by atoms with Gasteiger partial charge in [0, 0.05) is 6.92 Å². The smallest absolute Gasteiger partial charge is 0.358 e. The molecule has 4 nitrogen and oxygen atoms in total. The third-order valence-electron chi connectivity index (χ3n) is 1.57. The molecule has 0 aromatic carbocycles. The van der Waals surface area contributed by atoms with Gasteiger partial charge in [0.2, 0.25) is 0 Å². The maximum Gasteiger partial charge on any atom is 0.372 e. The summed E-state index contributed by atoms with van der Waals surface area (Å²) in [6.45, 7) is 1.53. The molecule has 0 fully saturated rings. The van der Waals surface area contributed by atoms with Gasteiger partial charge in [0.25, 0.3) is 6.43 Å². The largest absolute Gasteiger partial charge is 0.372 e. The number of alkyl halides is 2. The van der Waals surface area contributed by atoms with Crippen LogP contribution in [-0.4, -0.2) is 9.91 Å². The number of aromatic nitrogens is 1. The number of rotatable bonds is 2. The second-order valence-electron chi connectivity index (χ2n) is 2.53. The minimum Gasteiger partial charge on any atom is -0.358 e. The molecular formula is C7H5F2IN2O2. The van der Waals surface area contributed by atoms with Crippen LogP contribution in [0.5, 0.6) is 0 Å². The Hall–Kier alpha value is -0.860. The number of aryl methyl sites for hydroxylation is 1. The quantitative estimate of drug-likeness (QED) is 0.479. The minimum atomic E-state index is -2.88. The van der Waals surface area contributed by atoms with E-state index in [0.717, 1.165) is 6.07 Å². The molecule has 0 aliphatic heterocycles. The molecule has 14 heavy (non-hydrogen) atoms. The summed E-state index contributed by atoms with van der Waals surface area (Å²) in [5, 5.41) is 10.4. The third-order valence-corrected chi connectivity index (χ3v) is 2.66. The zero-order valence-electron chi connectivity index (χ0n) is 7.00. The molecule has 0 amide bonds. The van der Waals surface area contributed by atoms with E-state index in [-0.39, 0.29) is 0 Å². The molecule has 0 radical (unpaired) electrons. The second-order valence-corrected chi connectivity index (χ2v) is 3.69. The number of hydrogen-bond donors (Lipinski definition) is 0. The summed E-state index contributed by atoms with van der Waals surface area (Å²) in [6.07, 6.45) is -2.88. The third kappa shape index (κ3) is 2.14. The lowest BCUT2D eigenvalue weighted by Crippen LogP contribution is -2.02. The Bertz CT molecular complexity index is 384. The topological polar surface area (TPSA) is 56.0 Å². The summed E-state index contributed by atoms with van der Waals surface area (Å²) in [4.78, 5) is 13.0. The summed E-state index contributed by atoms with van der Waals surface area (Å²) >= 11 is 1.80. The predicted octanol–water partition coefficient (Wildman–Crippen LogP) is 2.84. The Morgan fingerprint density at radius 2 is 2.21 bits per heavy atom. The lowest BCUT2D eigenvalue weighted by Gasteiger charge is -2.02. The predicted molar refractivity (Wildman–Crippen MR) is 53.3 cm³/mol. The van der Waals surface area contributed by atoms with Crippen molar-refractivity contribution in [2.75, 3.05) is 0 Å². The molecule has 0 atom stereocenters. The van der Waals surface area contributed by atoms with Crippen LogP contribution in [-0.2, 0) is 0 Å². The highest BCUT2D eigenvalue weighted by Gasteiger charge is 2.25. The fraction of sp³-hybridized carbons (Fsp3) is 0.286. The molecular weight excluding hydrogens is 309 g/mol. The molecule has 76 valence electrons. The van der Waals surface area contributed by atoms with Crippen molar-refractivity contribution < 1.29 is 13.7 Å². The van der Waals surface area contributed by atoms with Crippen molar-refractivity contribution in [1.82, 2.24) is 4.98 Å². The van der Waals surface area contributed by atoms with Crippen molar-refractivity contribution in [3.63, 3.8) is 0 Å². The highest BCUT2D eigenvalue weighted by Crippen LogP contribution is 2.29. The van der Waals surface area contributed by atoms with E-state index in [4.69, 9.17) is 0 Å². The van der Waals surface area contributed by atoms with Crippen molar-refractivity contribution in [3.05, 3.63) is 31.0 Å². The zero-order chi connectivity index (χ0) is 10.9. The number of hydrogen-bond acceptors (Lipinski definition) is 3. The van der Waals surface area contributed by atoms with E-state index in [1.54, 1.807) is 22.6 Å². The first kappa shape index (κ1) is 11.2. The van der Waals surface area contributed by atoms with Crippen molar-refractivity contribution in [3.8, 4) is 0 Å². The van der Waals surface area contributed by atoms with Crippen LogP contribution >= 0.6 is 22.6 Å². The lowest BCUT2D eigenvalue weighted by atomic mass is 10.2. The molecule has 0 spiro atoms. The van der Waals surface area contributed by atoms with Gasteiger partial charge in [-0.25, -0.2) is 8.78 Å². The Balaban J connectivity index is 3.39. The van der Waals surface area contributed by atoms with Crippen LogP contribution in [0.3, 0.4) is 0 Å².